The minimum atomic E-state index is -0.130. The molecule has 37 heavy (non-hydrogen) atoms. The van der Waals surface area contributed by atoms with Gasteiger partial charge in [0.2, 0.25) is 5.89 Å². The van der Waals surface area contributed by atoms with Crippen molar-refractivity contribution in [1.82, 2.24) is 29.8 Å². The van der Waals surface area contributed by atoms with Gasteiger partial charge in [0, 0.05) is 29.8 Å². The van der Waals surface area contributed by atoms with Crippen LogP contribution >= 0.6 is 0 Å². The van der Waals surface area contributed by atoms with Gasteiger partial charge in [0.25, 0.3) is 5.91 Å². The van der Waals surface area contributed by atoms with Crippen molar-refractivity contribution in [2.75, 3.05) is 6.54 Å². The monoisotopic (exact) mass is 492 g/mol. The molecule has 1 aliphatic carbocycles. The fourth-order valence-corrected chi connectivity index (χ4v) is 6.42. The summed E-state index contributed by atoms with van der Waals surface area (Å²) in [5.41, 5.74) is 7.76. The molecule has 5 aromatic rings. The summed E-state index contributed by atoms with van der Waals surface area (Å²) in [5.74, 6) is 0.546. The van der Waals surface area contributed by atoms with Gasteiger partial charge in [-0.25, -0.2) is 15.0 Å². The fourth-order valence-electron chi connectivity index (χ4n) is 6.42. The Morgan fingerprint density at radius 2 is 1.95 bits per heavy atom. The van der Waals surface area contributed by atoms with Crippen LogP contribution in [-0.2, 0) is 11.8 Å². The fraction of sp³-hybridized carbons (Fsp3) is 0.345. The van der Waals surface area contributed by atoms with Gasteiger partial charge in [0.05, 0.1) is 29.3 Å². The molecular formula is C29H28N6O2. The number of aryl methyl sites for hydroxylation is 1. The first-order valence-electron chi connectivity index (χ1n) is 12.7. The molecule has 1 N–H and O–H groups in total. The number of piperidine rings is 1. The molecule has 0 spiro atoms. The topological polar surface area (TPSA) is 101 Å². The second-order valence-electron chi connectivity index (χ2n) is 11.2. The average Bonchev–Trinajstić information content (AvgIpc) is 3.52. The Morgan fingerprint density at radius 3 is 2.76 bits per heavy atom. The van der Waals surface area contributed by atoms with Gasteiger partial charge in [-0.05, 0) is 66.6 Å². The highest BCUT2D eigenvalue weighted by Gasteiger charge is 2.57. The number of likely N-dealkylation sites (tertiary alicyclic amines) is 1. The Kier molecular flexibility index (Phi) is 4.47. The SMILES string of the molecule is Cc1cnc(-c2nc3cc4c(cc3o2)C[C@H]2N(C(=O)c3ccc5nc[nH]c5c3)CC[C@]4(C)C2(C)C)cn1. The van der Waals surface area contributed by atoms with Crippen molar-refractivity contribution in [3.63, 3.8) is 0 Å². The van der Waals surface area contributed by atoms with Gasteiger partial charge in [-0.15, -0.1) is 0 Å². The van der Waals surface area contributed by atoms with E-state index >= 15 is 0 Å². The lowest BCUT2D eigenvalue weighted by atomic mass is 9.51. The molecule has 8 heteroatoms. The Bertz CT molecular complexity index is 1700. The number of imidazole rings is 1. The number of amides is 1. The van der Waals surface area contributed by atoms with Crippen LogP contribution in [0.15, 0.2) is 53.5 Å². The molecule has 186 valence electrons. The van der Waals surface area contributed by atoms with E-state index < -0.39 is 0 Å². The number of oxazole rings is 1. The third-order valence-corrected chi connectivity index (χ3v) is 9.03. The lowest BCUT2D eigenvalue weighted by molar-refractivity contribution is -0.0261. The van der Waals surface area contributed by atoms with E-state index in [4.69, 9.17) is 9.40 Å². The van der Waals surface area contributed by atoms with Gasteiger partial charge in [-0.2, -0.15) is 0 Å². The number of H-pyrrole nitrogens is 1. The van der Waals surface area contributed by atoms with Crippen LogP contribution in [0.4, 0.5) is 0 Å². The molecule has 4 heterocycles. The lowest BCUT2D eigenvalue weighted by Gasteiger charge is -2.60. The number of hydrogen-bond donors (Lipinski definition) is 1. The number of rotatable bonds is 2. The summed E-state index contributed by atoms with van der Waals surface area (Å²) in [6, 6.07) is 10.1. The zero-order valence-electron chi connectivity index (χ0n) is 21.4. The minimum Gasteiger partial charge on any atom is -0.435 e. The second kappa shape index (κ2) is 7.47. The van der Waals surface area contributed by atoms with Crippen molar-refractivity contribution >= 4 is 28.0 Å². The van der Waals surface area contributed by atoms with E-state index in [0.29, 0.717) is 23.7 Å². The summed E-state index contributed by atoms with van der Waals surface area (Å²) < 4.78 is 6.14. The summed E-state index contributed by atoms with van der Waals surface area (Å²) in [6.07, 6.45) is 6.72. The van der Waals surface area contributed by atoms with Gasteiger partial charge >= 0.3 is 0 Å². The quantitative estimate of drug-likeness (QED) is 0.362. The van der Waals surface area contributed by atoms with Crippen molar-refractivity contribution < 1.29 is 9.21 Å². The van der Waals surface area contributed by atoms with Crippen molar-refractivity contribution in [1.29, 1.82) is 0 Å². The highest BCUT2D eigenvalue weighted by molar-refractivity contribution is 5.97. The molecule has 2 bridgehead atoms. The van der Waals surface area contributed by atoms with Crippen molar-refractivity contribution in [2.24, 2.45) is 5.41 Å². The van der Waals surface area contributed by atoms with E-state index in [2.05, 4.69) is 57.7 Å². The summed E-state index contributed by atoms with van der Waals surface area (Å²) >= 11 is 0. The molecule has 3 aromatic heterocycles. The summed E-state index contributed by atoms with van der Waals surface area (Å²) in [6.45, 7) is 9.57. The van der Waals surface area contributed by atoms with Crippen LogP contribution in [0.3, 0.4) is 0 Å². The van der Waals surface area contributed by atoms with Gasteiger partial charge < -0.3 is 14.3 Å². The first kappa shape index (κ1) is 22.2. The maximum absolute atomic E-state index is 13.8. The number of hydrogen-bond acceptors (Lipinski definition) is 6. The predicted molar refractivity (Wildman–Crippen MR) is 140 cm³/mol. The molecular weight excluding hydrogens is 464 g/mol. The number of aromatic amines is 1. The van der Waals surface area contributed by atoms with Crippen LogP contribution in [0.5, 0.6) is 0 Å². The largest absolute Gasteiger partial charge is 0.435 e. The molecule has 0 unspecified atom stereocenters. The van der Waals surface area contributed by atoms with Gasteiger partial charge in [0.15, 0.2) is 5.58 Å². The maximum Gasteiger partial charge on any atom is 0.254 e. The highest BCUT2D eigenvalue weighted by Crippen LogP contribution is 2.56. The molecule has 7 rings (SSSR count). The number of nitrogens with zero attached hydrogens (tertiary/aromatic N) is 5. The molecule has 1 fully saturated rings. The number of nitrogens with one attached hydrogen (secondary N) is 1. The predicted octanol–water partition coefficient (Wildman–Crippen LogP) is 5.22. The minimum absolute atomic E-state index is 0.0616. The standard InChI is InChI=1S/C29H28N6O2/c1-16-13-31-23(14-30-16)26-34-22-12-19-18(10-24(22)37-26)11-25-28(2,3)29(19,4)7-8-35(25)27(36)17-5-6-20-21(9-17)33-15-32-20/h5-6,9-10,12-15,25H,7-8,11H2,1-4H3,(H,32,33)/t25-,29+/m1/s1. The molecule has 0 radical (unpaired) electrons. The van der Waals surface area contributed by atoms with Crippen molar-refractivity contribution in [3.8, 4) is 11.6 Å². The van der Waals surface area contributed by atoms with Crippen molar-refractivity contribution in [2.45, 2.75) is 52.0 Å². The number of carbonyl (C=O) groups excluding carboxylic acids is 1. The zero-order valence-corrected chi connectivity index (χ0v) is 21.4. The number of fused-ring (bicyclic) bond motifs is 6. The highest BCUT2D eigenvalue weighted by atomic mass is 16.3. The van der Waals surface area contributed by atoms with E-state index in [1.807, 2.05) is 25.1 Å². The summed E-state index contributed by atoms with van der Waals surface area (Å²) in [4.78, 5) is 36.8. The van der Waals surface area contributed by atoms with E-state index in [1.165, 1.54) is 11.1 Å². The molecule has 8 nitrogen and oxygen atoms in total. The van der Waals surface area contributed by atoms with Crippen LogP contribution in [0.2, 0.25) is 0 Å². The number of aromatic nitrogens is 5. The van der Waals surface area contributed by atoms with Gasteiger partial charge in [-0.1, -0.05) is 20.8 Å². The maximum atomic E-state index is 13.8. The van der Waals surface area contributed by atoms with Gasteiger partial charge in [0.1, 0.15) is 11.2 Å². The van der Waals surface area contributed by atoms with Crippen LogP contribution in [0, 0.1) is 12.3 Å². The van der Waals surface area contributed by atoms with E-state index in [0.717, 1.165) is 40.7 Å². The third-order valence-electron chi connectivity index (χ3n) is 9.03. The van der Waals surface area contributed by atoms with Crippen LogP contribution in [0.25, 0.3) is 33.7 Å². The Balaban J connectivity index is 1.29. The molecule has 1 saturated heterocycles. The molecule has 1 amide bonds. The Hall–Kier alpha value is -4.07. The van der Waals surface area contributed by atoms with Crippen LogP contribution in [-0.4, -0.2) is 48.3 Å². The Labute approximate surface area is 214 Å². The normalized spacial score (nSPS) is 22.4. The summed E-state index contributed by atoms with van der Waals surface area (Å²) in [5, 5.41) is 0. The number of benzene rings is 2. The molecule has 2 aliphatic rings. The van der Waals surface area contributed by atoms with E-state index in [-0.39, 0.29) is 22.8 Å². The first-order chi connectivity index (χ1) is 17.7. The Morgan fingerprint density at radius 1 is 1.08 bits per heavy atom. The summed E-state index contributed by atoms with van der Waals surface area (Å²) in [7, 11) is 0. The average molecular weight is 493 g/mol. The number of carbonyl (C=O) groups is 1. The van der Waals surface area contributed by atoms with Crippen molar-refractivity contribution in [3.05, 3.63) is 71.4 Å². The van der Waals surface area contributed by atoms with Crippen LogP contribution < -0.4 is 0 Å². The van der Waals surface area contributed by atoms with Crippen LogP contribution in [0.1, 0.15) is 54.4 Å². The zero-order chi connectivity index (χ0) is 25.5. The third kappa shape index (κ3) is 3.11. The molecule has 2 aromatic carbocycles. The molecule has 2 atom stereocenters. The second-order valence-corrected chi connectivity index (χ2v) is 11.2. The molecule has 1 aliphatic heterocycles. The lowest BCUT2D eigenvalue weighted by Crippen LogP contribution is -2.64. The first-order valence-corrected chi connectivity index (χ1v) is 12.7. The van der Waals surface area contributed by atoms with E-state index in [1.54, 1.807) is 18.7 Å². The van der Waals surface area contributed by atoms with Gasteiger partial charge in [-0.3, -0.25) is 9.78 Å². The van der Waals surface area contributed by atoms with E-state index in [9.17, 15) is 4.79 Å². The smallest absolute Gasteiger partial charge is 0.254 e. The molecule has 0 saturated carbocycles.